The number of hydrogen-bond donors (Lipinski definition) is 0. The van der Waals surface area contributed by atoms with E-state index in [0.29, 0.717) is 0 Å². The van der Waals surface area contributed by atoms with E-state index in [4.69, 9.17) is 0 Å². The molecule has 0 bridgehead atoms. The third-order valence-electron chi connectivity index (χ3n) is 0.650. The van der Waals surface area contributed by atoms with Crippen molar-refractivity contribution in [3.05, 3.63) is 0 Å². The maximum Gasteiger partial charge on any atom is 0.0157 e. The Kier molecular flexibility index (Phi) is 1.22. The third-order valence-corrected chi connectivity index (χ3v) is 2.96. The molecule has 0 atom stereocenters. The standard InChI is InChI=1S/C3H5BrS/c4-5-3-1-2-3/h3H,1-2H2. The van der Waals surface area contributed by atoms with Gasteiger partial charge >= 0.3 is 0 Å². The largest absolute Gasteiger partial charge is 0.0801 e. The maximum absolute atomic E-state index is 3.29. The van der Waals surface area contributed by atoms with Gasteiger partial charge < -0.3 is 0 Å². The van der Waals surface area contributed by atoms with Crippen LogP contribution < -0.4 is 0 Å². The summed E-state index contributed by atoms with van der Waals surface area (Å²) in [5, 5.41) is 0.968. The highest BCUT2D eigenvalue weighted by atomic mass is 79.9. The maximum atomic E-state index is 3.29. The van der Waals surface area contributed by atoms with Crippen molar-refractivity contribution in [1.29, 1.82) is 0 Å². The number of hydrogen-bond acceptors (Lipinski definition) is 1. The van der Waals surface area contributed by atoms with E-state index in [-0.39, 0.29) is 0 Å². The van der Waals surface area contributed by atoms with Crippen LogP contribution in [0.25, 0.3) is 0 Å². The Balaban J connectivity index is 2.00. The summed E-state index contributed by atoms with van der Waals surface area (Å²) in [5.74, 6) is 0. The van der Waals surface area contributed by atoms with Gasteiger partial charge in [-0.15, -0.1) is 0 Å². The zero-order valence-electron chi connectivity index (χ0n) is 2.78. The van der Waals surface area contributed by atoms with E-state index in [0.717, 1.165) is 5.25 Å². The zero-order valence-corrected chi connectivity index (χ0v) is 5.18. The molecule has 1 aliphatic carbocycles. The minimum Gasteiger partial charge on any atom is -0.0801 e. The van der Waals surface area contributed by atoms with Crippen LogP contribution in [0.2, 0.25) is 0 Å². The Morgan fingerprint density at radius 2 is 2.20 bits per heavy atom. The average molecular weight is 153 g/mol. The van der Waals surface area contributed by atoms with Gasteiger partial charge in [0.25, 0.3) is 0 Å². The van der Waals surface area contributed by atoms with Gasteiger partial charge in [0.2, 0.25) is 0 Å². The van der Waals surface area contributed by atoms with Gasteiger partial charge in [0.1, 0.15) is 0 Å². The molecule has 0 N–H and O–H groups in total. The molecule has 0 aromatic rings. The van der Waals surface area contributed by atoms with E-state index in [1.54, 1.807) is 10.2 Å². The van der Waals surface area contributed by atoms with E-state index < -0.39 is 0 Å². The van der Waals surface area contributed by atoms with Gasteiger partial charge in [0.05, 0.1) is 0 Å². The van der Waals surface area contributed by atoms with Crippen LogP contribution in [0.15, 0.2) is 0 Å². The zero-order chi connectivity index (χ0) is 3.70. The average Bonchev–Trinajstić information content (AvgIpc) is 2.12. The lowest BCUT2D eigenvalue weighted by Crippen LogP contribution is -1.52. The van der Waals surface area contributed by atoms with Crippen LogP contribution in [-0.4, -0.2) is 5.25 Å². The first kappa shape index (κ1) is 4.00. The number of rotatable bonds is 1. The highest BCUT2D eigenvalue weighted by Crippen LogP contribution is 2.37. The molecule has 1 aliphatic rings. The third kappa shape index (κ3) is 1.14. The molecule has 1 fully saturated rings. The van der Waals surface area contributed by atoms with Crippen LogP contribution in [0.4, 0.5) is 0 Å². The predicted molar refractivity (Wildman–Crippen MR) is 29.5 cm³/mol. The fraction of sp³-hybridized carbons (Fsp3) is 1.00. The summed E-state index contributed by atoms with van der Waals surface area (Å²) in [6.07, 6.45) is 2.85. The molecule has 0 aromatic heterocycles. The summed E-state index contributed by atoms with van der Waals surface area (Å²) in [4.78, 5) is 0. The molecule has 0 spiro atoms. The molecule has 0 radical (unpaired) electrons. The second-order valence-corrected chi connectivity index (χ2v) is 3.25. The monoisotopic (exact) mass is 152 g/mol. The van der Waals surface area contributed by atoms with Crippen LogP contribution in [0, 0.1) is 0 Å². The normalized spacial score (nSPS) is 23.4. The Bertz CT molecular complexity index is 33.9. The second kappa shape index (κ2) is 1.52. The lowest BCUT2D eigenvalue weighted by molar-refractivity contribution is 1.50. The first-order valence-corrected chi connectivity index (χ1v) is 4.43. The van der Waals surface area contributed by atoms with Crippen LogP contribution in [-0.2, 0) is 0 Å². The second-order valence-electron chi connectivity index (χ2n) is 1.29. The summed E-state index contributed by atoms with van der Waals surface area (Å²) >= 11 is 3.29. The Morgan fingerprint density at radius 3 is 2.20 bits per heavy atom. The topological polar surface area (TPSA) is 0 Å². The molecular formula is C3H5BrS. The van der Waals surface area contributed by atoms with E-state index in [9.17, 15) is 0 Å². The van der Waals surface area contributed by atoms with Crippen molar-refractivity contribution in [2.75, 3.05) is 0 Å². The lowest BCUT2D eigenvalue weighted by atomic mass is 11.0. The van der Waals surface area contributed by atoms with Crippen molar-refractivity contribution in [1.82, 2.24) is 0 Å². The van der Waals surface area contributed by atoms with E-state index >= 15 is 0 Å². The van der Waals surface area contributed by atoms with E-state index in [2.05, 4.69) is 14.8 Å². The van der Waals surface area contributed by atoms with Crippen LogP contribution in [0.1, 0.15) is 12.8 Å². The van der Waals surface area contributed by atoms with Crippen molar-refractivity contribution in [3.8, 4) is 0 Å². The minimum absolute atomic E-state index is 0.968. The Hall–Kier alpha value is 0.830. The Labute approximate surface area is 43.5 Å². The smallest absolute Gasteiger partial charge is 0.0157 e. The molecule has 0 amide bonds. The molecular weight excluding hydrogens is 148 g/mol. The molecule has 2 heteroatoms. The van der Waals surface area contributed by atoms with Gasteiger partial charge in [-0.25, -0.2) is 0 Å². The summed E-state index contributed by atoms with van der Waals surface area (Å²) in [5.41, 5.74) is 0. The summed E-state index contributed by atoms with van der Waals surface area (Å²) in [7, 11) is 1.80. The van der Waals surface area contributed by atoms with Gasteiger partial charge in [-0.2, -0.15) is 0 Å². The van der Waals surface area contributed by atoms with Crippen LogP contribution in [0.3, 0.4) is 0 Å². The first-order valence-electron chi connectivity index (χ1n) is 1.71. The van der Waals surface area contributed by atoms with Gasteiger partial charge in [-0.05, 0) is 27.7 Å². The lowest BCUT2D eigenvalue weighted by Gasteiger charge is -1.70. The molecule has 5 heavy (non-hydrogen) atoms. The fourth-order valence-corrected chi connectivity index (χ4v) is 1.59. The van der Waals surface area contributed by atoms with Crippen molar-refractivity contribution < 1.29 is 0 Å². The van der Waals surface area contributed by atoms with E-state index in [1.165, 1.54) is 12.8 Å². The first-order chi connectivity index (χ1) is 2.43. The van der Waals surface area contributed by atoms with Gasteiger partial charge in [0, 0.05) is 5.25 Å². The van der Waals surface area contributed by atoms with Gasteiger partial charge in [-0.1, -0.05) is 10.2 Å². The molecule has 0 saturated heterocycles. The van der Waals surface area contributed by atoms with E-state index in [1.807, 2.05) is 0 Å². The van der Waals surface area contributed by atoms with Crippen molar-refractivity contribution in [3.63, 3.8) is 0 Å². The summed E-state index contributed by atoms with van der Waals surface area (Å²) in [6.45, 7) is 0. The van der Waals surface area contributed by atoms with Crippen molar-refractivity contribution >= 4 is 25.0 Å². The molecule has 0 heterocycles. The molecule has 1 saturated carbocycles. The van der Waals surface area contributed by atoms with Crippen LogP contribution >= 0.6 is 25.0 Å². The summed E-state index contributed by atoms with van der Waals surface area (Å²) in [6, 6.07) is 0. The van der Waals surface area contributed by atoms with Crippen molar-refractivity contribution in [2.45, 2.75) is 18.1 Å². The van der Waals surface area contributed by atoms with Gasteiger partial charge in [-0.3, -0.25) is 0 Å². The SMILES string of the molecule is BrSC1CC1. The Morgan fingerprint density at radius 1 is 1.60 bits per heavy atom. The quantitative estimate of drug-likeness (QED) is 0.556. The number of halogens is 1. The van der Waals surface area contributed by atoms with Gasteiger partial charge in [0.15, 0.2) is 0 Å². The molecule has 1 rings (SSSR count). The molecule has 0 unspecified atom stereocenters. The molecule has 0 aromatic carbocycles. The minimum atomic E-state index is 0.968. The predicted octanol–water partition coefficient (Wildman–Crippen LogP) is 2.19. The summed E-state index contributed by atoms with van der Waals surface area (Å²) < 4.78 is 0. The molecule has 30 valence electrons. The highest BCUT2D eigenvalue weighted by Gasteiger charge is 2.19. The molecule has 0 aliphatic heterocycles. The highest BCUT2D eigenvalue weighted by molar-refractivity contribution is 9.50. The molecule has 0 nitrogen and oxygen atoms in total. The van der Waals surface area contributed by atoms with Crippen LogP contribution in [0.5, 0.6) is 0 Å². The fourth-order valence-electron chi connectivity index (χ4n) is 0.157. The van der Waals surface area contributed by atoms with Crippen molar-refractivity contribution in [2.24, 2.45) is 0 Å².